The number of rotatable bonds is 4. The van der Waals surface area contributed by atoms with Crippen LogP contribution in [0.3, 0.4) is 0 Å². The third kappa shape index (κ3) is 3.48. The van der Waals surface area contributed by atoms with Gasteiger partial charge in [-0.1, -0.05) is 0 Å². The molecule has 3 aromatic heterocycles. The monoisotopic (exact) mass is 373 g/mol. The lowest BCUT2D eigenvalue weighted by Crippen LogP contribution is -2.44. The van der Waals surface area contributed by atoms with Gasteiger partial charge in [-0.05, 0) is 18.6 Å². The number of anilines is 1. The number of nitrogens with one attached hydrogen (secondary N) is 2. The first-order valence-electron chi connectivity index (χ1n) is 8.46. The van der Waals surface area contributed by atoms with Gasteiger partial charge in [0.05, 0.1) is 12.2 Å². The van der Waals surface area contributed by atoms with Gasteiger partial charge in [0.1, 0.15) is 0 Å². The van der Waals surface area contributed by atoms with Crippen LogP contribution in [-0.2, 0) is 6.54 Å². The predicted molar refractivity (Wildman–Crippen MR) is 101 cm³/mol. The Morgan fingerprint density at radius 2 is 2.42 bits per heavy atom. The van der Waals surface area contributed by atoms with Crippen LogP contribution in [0.4, 0.5) is 10.2 Å². The highest BCUT2D eigenvalue weighted by molar-refractivity contribution is 7.15. The summed E-state index contributed by atoms with van der Waals surface area (Å²) < 4.78 is 15.9. The zero-order chi connectivity index (χ0) is 17.9. The van der Waals surface area contributed by atoms with Crippen molar-refractivity contribution >= 4 is 28.1 Å². The molecule has 3 aromatic rings. The first-order chi connectivity index (χ1) is 12.7. The fraction of sp³-hybridized carbons (Fsp3) is 0.353. The molecule has 1 aliphatic heterocycles. The molecule has 9 heteroatoms. The average Bonchev–Trinajstić information content (AvgIpc) is 3.35. The molecular weight excluding hydrogens is 353 g/mol. The molecule has 0 saturated carbocycles. The van der Waals surface area contributed by atoms with E-state index in [9.17, 15) is 4.39 Å². The molecule has 1 aliphatic rings. The van der Waals surface area contributed by atoms with Crippen molar-refractivity contribution in [1.29, 1.82) is 0 Å². The molecule has 4 rings (SSSR count). The standard InChI is InChI=1S/C17H20FN7S/c1-19-16(21-9-13-11-25-7-8-26-17(25)23-13)22-12-4-6-24(10-12)15-14(18)3-2-5-20-15/h2-3,5,7-8,11-12H,4,6,9-10H2,1H3,(H2,19,21,22). The van der Waals surface area contributed by atoms with Gasteiger partial charge in [0.2, 0.25) is 0 Å². The van der Waals surface area contributed by atoms with E-state index in [1.807, 2.05) is 27.1 Å². The molecule has 1 unspecified atom stereocenters. The van der Waals surface area contributed by atoms with Crippen molar-refractivity contribution in [3.05, 3.63) is 47.6 Å². The number of hydrogen-bond donors (Lipinski definition) is 2. The minimum Gasteiger partial charge on any atom is -0.352 e. The van der Waals surface area contributed by atoms with Crippen molar-refractivity contribution in [3.63, 3.8) is 0 Å². The molecule has 0 amide bonds. The summed E-state index contributed by atoms with van der Waals surface area (Å²) in [5, 5.41) is 8.70. The fourth-order valence-electron chi connectivity index (χ4n) is 3.10. The molecule has 1 atom stereocenters. The smallest absolute Gasteiger partial charge is 0.193 e. The maximum Gasteiger partial charge on any atom is 0.193 e. The minimum absolute atomic E-state index is 0.188. The summed E-state index contributed by atoms with van der Waals surface area (Å²) in [6.45, 7) is 2.05. The fourth-order valence-corrected chi connectivity index (χ4v) is 3.82. The SMILES string of the molecule is CN=C(NCc1cn2ccsc2n1)NC1CCN(c2ncccc2F)C1. The van der Waals surface area contributed by atoms with E-state index in [1.165, 1.54) is 6.07 Å². The first kappa shape index (κ1) is 16.8. The molecule has 7 nitrogen and oxygen atoms in total. The summed E-state index contributed by atoms with van der Waals surface area (Å²) in [7, 11) is 1.74. The number of fused-ring (bicyclic) bond motifs is 1. The van der Waals surface area contributed by atoms with Crippen molar-refractivity contribution in [2.45, 2.75) is 19.0 Å². The van der Waals surface area contributed by atoms with Gasteiger partial charge < -0.3 is 15.5 Å². The number of pyridine rings is 1. The topological polar surface area (TPSA) is 69.8 Å². The number of guanidine groups is 1. The second kappa shape index (κ2) is 7.28. The summed E-state index contributed by atoms with van der Waals surface area (Å²) in [5.74, 6) is 0.850. The zero-order valence-corrected chi connectivity index (χ0v) is 15.2. The summed E-state index contributed by atoms with van der Waals surface area (Å²) in [6, 6.07) is 3.24. The lowest BCUT2D eigenvalue weighted by molar-refractivity contribution is 0.612. The summed E-state index contributed by atoms with van der Waals surface area (Å²) in [6.07, 6.45) is 6.52. The first-order valence-corrected chi connectivity index (χ1v) is 9.34. The predicted octanol–water partition coefficient (Wildman–Crippen LogP) is 1.87. The van der Waals surface area contributed by atoms with Crippen LogP contribution >= 0.6 is 11.3 Å². The maximum absolute atomic E-state index is 13.9. The van der Waals surface area contributed by atoms with Crippen LogP contribution in [0.15, 0.2) is 41.1 Å². The van der Waals surface area contributed by atoms with Gasteiger partial charge >= 0.3 is 0 Å². The van der Waals surface area contributed by atoms with Gasteiger partial charge in [0, 0.05) is 50.1 Å². The van der Waals surface area contributed by atoms with Gasteiger partial charge in [-0.2, -0.15) is 0 Å². The number of aromatic nitrogens is 3. The summed E-state index contributed by atoms with van der Waals surface area (Å²) in [4.78, 5) is 15.9. The highest BCUT2D eigenvalue weighted by Gasteiger charge is 2.25. The average molecular weight is 373 g/mol. The third-order valence-corrected chi connectivity index (χ3v) is 5.14. The quantitative estimate of drug-likeness (QED) is 0.540. The Kier molecular flexibility index (Phi) is 4.70. The van der Waals surface area contributed by atoms with Crippen molar-refractivity contribution in [3.8, 4) is 0 Å². The van der Waals surface area contributed by atoms with E-state index in [0.717, 1.165) is 29.6 Å². The highest BCUT2D eigenvalue weighted by atomic mass is 32.1. The Morgan fingerprint density at radius 3 is 3.23 bits per heavy atom. The Morgan fingerprint density at radius 1 is 1.50 bits per heavy atom. The van der Waals surface area contributed by atoms with Gasteiger partial charge in [0.15, 0.2) is 22.6 Å². The number of imidazole rings is 1. The van der Waals surface area contributed by atoms with E-state index in [1.54, 1.807) is 30.6 Å². The van der Waals surface area contributed by atoms with E-state index < -0.39 is 0 Å². The zero-order valence-electron chi connectivity index (χ0n) is 14.4. The molecule has 26 heavy (non-hydrogen) atoms. The number of hydrogen-bond acceptors (Lipinski definition) is 5. The summed E-state index contributed by atoms with van der Waals surface area (Å²) in [5.41, 5.74) is 0.961. The molecule has 0 aromatic carbocycles. The Balaban J connectivity index is 1.32. The number of thiazole rings is 1. The molecule has 0 radical (unpaired) electrons. The second-order valence-corrected chi connectivity index (χ2v) is 7.01. The lowest BCUT2D eigenvalue weighted by atomic mass is 10.3. The lowest BCUT2D eigenvalue weighted by Gasteiger charge is -2.19. The van der Waals surface area contributed by atoms with E-state index in [-0.39, 0.29) is 11.9 Å². The van der Waals surface area contributed by atoms with Crippen LogP contribution in [0, 0.1) is 5.82 Å². The van der Waals surface area contributed by atoms with Gasteiger partial charge in [-0.3, -0.25) is 9.39 Å². The van der Waals surface area contributed by atoms with Crippen LogP contribution in [0.1, 0.15) is 12.1 Å². The molecule has 1 fully saturated rings. The van der Waals surface area contributed by atoms with Gasteiger partial charge in [0.25, 0.3) is 0 Å². The van der Waals surface area contributed by atoms with Crippen LogP contribution in [0.2, 0.25) is 0 Å². The number of nitrogens with zero attached hydrogens (tertiary/aromatic N) is 5. The van der Waals surface area contributed by atoms with Crippen LogP contribution in [0.5, 0.6) is 0 Å². The molecule has 4 heterocycles. The Hall–Kier alpha value is -2.68. The molecular formula is C17H20FN7S. The minimum atomic E-state index is -0.282. The molecule has 1 saturated heterocycles. The third-order valence-electron chi connectivity index (χ3n) is 4.37. The Bertz CT molecular complexity index is 890. The molecule has 0 spiro atoms. The normalized spacial score (nSPS) is 17.8. The van der Waals surface area contributed by atoms with Crippen molar-refractivity contribution in [1.82, 2.24) is 25.0 Å². The molecule has 2 N–H and O–H groups in total. The number of aliphatic imine (C=N–C) groups is 1. The van der Waals surface area contributed by atoms with Crippen molar-refractivity contribution in [2.24, 2.45) is 4.99 Å². The van der Waals surface area contributed by atoms with E-state index in [2.05, 4.69) is 25.6 Å². The van der Waals surface area contributed by atoms with Gasteiger partial charge in [-0.15, -0.1) is 11.3 Å². The largest absolute Gasteiger partial charge is 0.352 e. The molecule has 136 valence electrons. The van der Waals surface area contributed by atoms with Gasteiger partial charge in [-0.25, -0.2) is 14.4 Å². The van der Waals surface area contributed by atoms with Crippen molar-refractivity contribution in [2.75, 3.05) is 25.0 Å². The molecule has 0 bridgehead atoms. The molecule has 0 aliphatic carbocycles. The van der Waals surface area contributed by atoms with Crippen LogP contribution in [-0.4, -0.2) is 46.5 Å². The van der Waals surface area contributed by atoms with E-state index in [0.29, 0.717) is 18.9 Å². The summed E-state index contributed by atoms with van der Waals surface area (Å²) >= 11 is 1.61. The van der Waals surface area contributed by atoms with Crippen LogP contribution < -0.4 is 15.5 Å². The number of halogens is 1. The van der Waals surface area contributed by atoms with Crippen molar-refractivity contribution < 1.29 is 4.39 Å². The van der Waals surface area contributed by atoms with Crippen LogP contribution in [0.25, 0.3) is 4.96 Å². The highest BCUT2D eigenvalue weighted by Crippen LogP contribution is 2.20. The van der Waals surface area contributed by atoms with E-state index >= 15 is 0 Å². The Labute approximate surface area is 154 Å². The van der Waals surface area contributed by atoms with E-state index in [4.69, 9.17) is 0 Å². The maximum atomic E-state index is 13.9. The second-order valence-electron chi connectivity index (χ2n) is 6.14.